The fraction of sp³-hybridized carbons (Fsp3) is 0.348. The molecule has 2 N–H and O–H groups in total. The lowest BCUT2D eigenvalue weighted by molar-refractivity contribution is -0.140. The fourth-order valence-corrected chi connectivity index (χ4v) is 5.29. The average molecular weight is 455 g/mol. The summed E-state index contributed by atoms with van der Waals surface area (Å²) in [6.45, 7) is 0. The summed E-state index contributed by atoms with van der Waals surface area (Å²) < 4.78 is 5.35. The lowest BCUT2D eigenvalue weighted by Gasteiger charge is -2.50. The molecule has 0 radical (unpaired) electrons. The summed E-state index contributed by atoms with van der Waals surface area (Å²) in [5.41, 5.74) is 1.55. The van der Waals surface area contributed by atoms with Gasteiger partial charge >= 0.3 is 6.03 Å². The summed E-state index contributed by atoms with van der Waals surface area (Å²) in [7, 11) is 4.77. The predicted octanol–water partition coefficient (Wildman–Crippen LogP) is 2.29. The molecule has 3 amide bonds. The van der Waals surface area contributed by atoms with Crippen LogP contribution in [0.1, 0.15) is 22.1 Å². The summed E-state index contributed by atoms with van der Waals surface area (Å²) in [6, 6.07) is 16.3. The SMILES string of the molecule is COc1cccc(C2NC(SCC(=O)c3ccccc3)C3C(=O)N(C)C(=O)N(C)C3N2)c1. The molecular weight excluding hydrogens is 428 g/mol. The Morgan fingerprint density at radius 3 is 2.53 bits per heavy atom. The third kappa shape index (κ3) is 4.23. The smallest absolute Gasteiger partial charge is 0.327 e. The van der Waals surface area contributed by atoms with Crippen molar-refractivity contribution >= 4 is 29.5 Å². The summed E-state index contributed by atoms with van der Waals surface area (Å²) in [5, 5.41) is 6.49. The quantitative estimate of drug-likeness (QED) is 0.647. The number of ether oxygens (including phenoxy) is 1. The molecule has 2 aromatic rings. The molecule has 2 fully saturated rings. The van der Waals surface area contributed by atoms with Gasteiger partial charge in [0.2, 0.25) is 5.91 Å². The Morgan fingerprint density at radius 2 is 1.81 bits per heavy atom. The maximum atomic E-state index is 13.1. The van der Waals surface area contributed by atoms with Crippen molar-refractivity contribution in [3.63, 3.8) is 0 Å². The molecule has 2 aromatic carbocycles. The number of fused-ring (bicyclic) bond motifs is 1. The zero-order valence-corrected chi connectivity index (χ0v) is 19.0. The second-order valence-electron chi connectivity index (χ2n) is 7.83. The Kier molecular flexibility index (Phi) is 6.50. The van der Waals surface area contributed by atoms with Crippen LogP contribution in [0.5, 0.6) is 5.75 Å². The maximum absolute atomic E-state index is 13.1. The van der Waals surface area contributed by atoms with Crippen molar-refractivity contribution in [3.05, 3.63) is 65.7 Å². The van der Waals surface area contributed by atoms with Gasteiger partial charge in [0.05, 0.1) is 36.5 Å². The number of carbonyl (C=O) groups excluding carboxylic acids is 3. The number of ketones is 1. The molecule has 4 unspecified atom stereocenters. The molecule has 32 heavy (non-hydrogen) atoms. The van der Waals surface area contributed by atoms with E-state index in [1.807, 2.05) is 42.5 Å². The molecule has 0 saturated carbocycles. The van der Waals surface area contributed by atoms with E-state index in [-0.39, 0.29) is 35.0 Å². The van der Waals surface area contributed by atoms with Crippen LogP contribution in [0.3, 0.4) is 0 Å². The molecule has 2 saturated heterocycles. The summed E-state index contributed by atoms with van der Waals surface area (Å²) in [6.07, 6.45) is -0.838. The number of hydrogen-bond acceptors (Lipinski definition) is 7. The first-order chi connectivity index (χ1) is 15.4. The van der Waals surface area contributed by atoms with Gasteiger partial charge in [0.15, 0.2) is 5.78 Å². The van der Waals surface area contributed by atoms with E-state index >= 15 is 0 Å². The van der Waals surface area contributed by atoms with Crippen LogP contribution in [-0.4, -0.2) is 66.0 Å². The number of Topliss-reactive ketones (excluding diaryl/α,β-unsaturated/α-hetero) is 1. The van der Waals surface area contributed by atoms with E-state index in [0.717, 1.165) is 10.5 Å². The van der Waals surface area contributed by atoms with Crippen molar-refractivity contribution in [1.82, 2.24) is 20.4 Å². The highest BCUT2D eigenvalue weighted by molar-refractivity contribution is 8.00. The third-order valence-corrected chi connectivity index (χ3v) is 7.09. The first kappa shape index (κ1) is 22.3. The van der Waals surface area contributed by atoms with Gasteiger partial charge in [-0.25, -0.2) is 4.79 Å². The molecule has 2 heterocycles. The normalized spacial score (nSPS) is 25.5. The Bertz CT molecular complexity index is 1020. The topological polar surface area (TPSA) is 91.0 Å². The fourth-order valence-electron chi connectivity index (χ4n) is 4.08. The number of rotatable bonds is 6. The highest BCUT2D eigenvalue weighted by Gasteiger charge is 2.51. The van der Waals surface area contributed by atoms with E-state index in [4.69, 9.17) is 4.74 Å². The number of carbonyl (C=O) groups is 3. The van der Waals surface area contributed by atoms with E-state index in [1.54, 1.807) is 31.2 Å². The van der Waals surface area contributed by atoms with Crippen LogP contribution in [0.15, 0.2) is 54.6 Å². The number of thioether (sulfide) groups is 1. The first-order valence-corrected chi connectivity index (χ1v) is 11.4. The van der Waals surface area contributed by atoms with Crippen LogP contribution in [0.25, 0.3) is 0 Å². The Hall–Kier alpha value is -2.88. The zero-order valence-electron chi connectivity index (χ0n) is 18.1. The Balaban J connectivity index is 1.60. The number of nitrogens with zero attached hydrogens (tertiary/aromatic N) is 2. The van der Waals surface area contributed by atoms with E-state index in [1.165, 1.54) is 18.8 Å². The summed E-state index contributed by atoms with van der Waals surface area (Å²) >= 11 is 1.39. The third-order valence-electron chi connectivity index (χ3n) is 5.87. The molecular formula is C23H26N4O4S. The van der Waals surface area contributed by atoms with Crippen molar-refractivity contribution in [1.29, 1.82) is 0 Å². The van der Waals surface area contributed by atoms with Crippen LogP contribution in [0.2, 0.25) is 0 Å². The lowest BCUT2D eigenvalue weighted by Crippen LogP contribution is -2.72. The minimum atomic E-state index is -0.543. The van der Waals surface area contributed by atoms with Gasteiger partial charge in [-0.1, -0.05) is 42.5 Å². The predicted molar refractivity (Wildman–Crippen MR) is 122 cm³/mol. The van der Waals surface area contributed by atoms with E-state index < -0.39 is 12.1 Å². The lowest BCUT2D eigenvalue weighted by atomic mass is 9.96. The van der Waals surface area contributed by atoms with E-state index in [2.05, 4.69) is 10.6 Å². The number of amides is 3. The van der Waals surface area contributed by atoms with Crippen molar-refractivity contribution in [2.45, 2.75) is 17.7 Å². The van der Waals surface area contributed by atoms with Gasteiger partial charge in [0.25, 0.3) is 0 Å². The molecule has 4 atom stereocenters. The molecule has 0 aromatic heterocycles. The molecule has 168 valence electrons. The molecule has 9 heteroatoms. The molecule has 4 rings (SSSR count). The van der Waals surface area contributed by atoms with Crippen molar-refractivity contribution in [3.8, 4) is 5.75 Å². The number of nitrogens with one attached hydrogen (secondary N) is 2. The minimum Gasteiger partial charge on any atom is -0.497 e. The highest BCUT2D eigenvalue weighted by Crippen LogP contribution is 2.35. The maximum Gasteiger partial charge on any atom is 0.327 e. The molecule has 0 aliphatic carbocycles. The Morgan fingerprint density at radius 1 is 1.06 bits per heavy atom. The van der Waals surface area contributed by atoms with Crippen molar-refractivity contribution in [2.24, 2.45) is 5.92 Å². The van der Waals surface area contributed by atoms with Crippen LogP contribution in [0, 0.1) is 5.92 Å². The molecule has 8 nitrogen and oxygen atoms in total. The van der Waals surface area contributed by atoms with Gasteiger partial charge in [-0.3, -0.25) is 25.1 Å². The monoisotopic (exact) mass is 454 g/mol. The molecule has 0 bridgehead atoms. The standard InChI is InChI=1S/C23H26N4O4S/c1-26-20-18(22(29)27(2)23(26)30)21(32-13-17(28)14-8-5-4-6-9-14)25-19(24-20)15-10-7-11-16(12-15)31-3/h4-12,18-21,24-25H,13H2,1-3H3. The number of urea groups is 1. The highest BCUT2D eigenvalue weighted by atomic mass is 32.2. The largest absolute Gasteiger partial charge is 0.497 e. The van der Waals surface area contributed by atoms with E-state index in [0.29, 0.717) is 11.3 Å². The van der Waals surface area contributed by atoms with Crippen molar-refractivity contribution < 1.29 is 19.1 Å². The molecule has 0 spiro atoms. The number of imide groups is 1. The number of methoxy groups -OCH3 is 1. The molecule has 2 aliphatic heterocycles. The van der Waals surface area contributed by atoms with Gasteiger partial charge in [0, 0.05) is 19.7 Å². The van der Waals surface area contributed by atoms with Gasteiger partial charge in [-0.2, -0.15) is 0 Å². The van der Waals surface area contributed by atoms with Crippen LogP contribution >= 0.6 is 11.8 Å². The number of hydrogen-bond donors (Lipinski definition) is 2. The summed E-state index contributed by atoms with van der Waals surface area (Å²) in [4.78, 5) is 41.0. The van der Waals surface area contributed by atoms with Gasteiger partial charge in [-0.15, -0.1) is 11.8 Å². The summed E-state index contributed by atoms with van der Waals surface area (Å²) in [5.74, 6) is 0.0988. The first-order valence-electron chi connectivity index (χ1n) is 10.3. The average Bonchev–Trinajstić information content (AvgIpc) is 2.84. The zero-order chi connectivity index (χ0) is 22.8. The van der Waals surface area contributed by atoms with Crippen LogP contribution in [-0.2, 0) is 4.79 Å². The minimum absolute atomic E-state index is 0.00791. The second-order valence-corrected chi connectivity index (χ2v) is 8.95. The van der Waals surface area contributed by atoms with Gasteiger partial charge < -0.3 is 9.64 Å². The van der Waals surface area contributed by atoms with Gasteiger partial charge in [0.1, 0.15) is 5.75 Å². The van der Waals surface area contributed by atoms with E-state index in [9.17, 15) is 14.4 Å². The van der Waals surface area contributed by atoms with Gasteiger partial charge in [-0.05, 0) is 17.7 Å². The second kappa shape index (κ2) is 9.32. The van der Waals surface area contributed by atoms with Crippen LogP contribution in [0.4, 0.5) is 4.79 Å². The van der Waals surface area contributed by atoms with Crippen LogP contribution < -0.4 is 15.4 Å². The molecule has 2 aliphatic rings. The number of benzene rings is 2. The Labute approximate surface area is 191 Å². The van der Waals surface area contributed by atoms with Crippen molar-refractivity contribution in [2.75, 3.05) is 27.0 Å².